The second-order valence-electron chi connectivity index (χ2n) is 4.70. The Labute approximate surface area is 100 Å². The van der Waals surface area contributed by atoms with Gasteiger partial charge >= 0.3 is 0 Å². The Morgan fingerprint density at radius 3 is 2.47 bits per heavy atom. The van der Waals surface area contributed by atoms with Crippen molar-refractivity contribution in [2.75, 3.05) is 6.54 Å². The summed E-state index contributed by atoms with van der Waals surface area (Å²) in [5.41, 5.74) is 10.5. The Morgan fingerprint density at radius 2 is 2.00 bits per heavy atom. The van der Waals surface area contributed by atoms with E-state index in [1.54, 1.807) is 0 Å². The van der Waals surface area contributed by atoms with Gasteiger partial charge in [-0.15, -0.1) is 0 Å². The summed E-state index contributed by atoms with van der Waals surface area (Å²) >= 11 is 3.61. The van der Waals surface area contributed by atoms with Gasteiger partial charge in [0.25, 0.3) is 0 Å². The van der Waals surface area contributed by atoms with E-state index in [-0.39, 0.29) is 5.41 Å². The molecule has 1 aromatic carbocycles. The Hall–Kier alpha value is -0.340. The molecule has 0 spiro atoms. The van der Waals surface area contributed by atoms with Crippen LogP contribution in [0.5, 0.6) is 0 Å². The third-order valence-corrected chi connectivity index (χ3v) is 4.70. The Balaban J connectivity index is 2.55. The maximum atomic E-state index is 5.97. The van der Waals surface area contributed by atoms with Gasteiger partial charge in [-0.3, -0.25) is 0 Å². The van der Waals surface area contributed by atoms with E-state index < -0.39 is 0 Å². The molecule has 1 nitrogen and oxygen atoms in total. The minimum Gasteiger partial charge on any atom is -0.330 e. The molecule has 0 unspecified atom stereocenters. The number of hydrogen-bond acceptors (Lipinski definition) is 1. The lowest BCUT2D eigenvalue weighted by molar-refractivity contribution is 0.250. The summed E-state index contributed by atoms with van der Waals surface area (Å²) in [5.74, 6) is 0. The molecule has 0 aliphatic heterocycles. The van der Waals surface area contributed by atoms with Gasteiger partial charge in [0.1, 0.15) is 0 Å². The van der Waals surface area contributed by atoms with Crippen LogP contribution in [0.2, 0.25) is 0 Å². The van der Waals surface area contributed by atoms with Crippen LogP contribution in [0.25, 0.3) is 0 Å². The molecule has 1 aromatic rings. The number of benzene rings is 1. The Bertz CT molecular complexity index is 375. The molecule has 1 fully saturated rings. The first-order valence-corrected chi connectivity index (χ1v) is 6.36. The Kier molecular flexibility index (Phi) is 2.91. The summed E-state index contributed by atoms with van der Waals surface area (Å²) in [6.07, 6.45) is 3.83. The minimum absolute atomic E-state index is 0.276. The standard InChI is InChI=1S/C13H18BrN/c1-9-4-5-11(14)10(2)12(9)13(8-15)6-3-7-13/h4-5H,3,6-8,15H2,1-2H3. The van der Waals surface area contributed by atoms with Gasteiger partial charge in [0.2, 0.25) is 0 Å². The van der Waals surface area contributed by atoms with Gasteiger partial charge < -0.3 is 5.73 Å². The van der Waals surface area contributed by atoms with Crippen LogP contribution < -0.4 is 5.73 Å². The largest absolute Gasteiger partial charge is 0.330 e. The summed E-state index contributed by atoms with van der Waals surface area (Å²) in [6.45, 7) is 5.18. The molecule has 82 valence electrons. The van der Waals surface area contributed by atoms with Crippen LogP contribution in [-0.4, -0.2) is 6.54 Å². The predicted molar refractivity (Wildman–Crippen MR) is 68.2 cm³/mol. The molecule has 0 radical (unpaired) electrons. The highest BCUT2D eigenvalue weighted by atomic mass is 79.9. The van der Waals surface area contributed by atoms with Gasteiger partial charge in [-0.2, -0.15) is 0 Å². The fourth-order valence-electron chi connectivity index (χ4n) is 2.80. The second kappa shape index (κ2) is 3.91. The fraction of sp³-hybridized carbons (Fsp3) is 0.538. The van der Waals surface area contributed by atoms with Gasteiger partial charge in [0.15, 0.2) is 0 Å². The van der Waals surface area contributed by atoms with Crippen molar-refractivity contribution in [3.63, 3.8) is 0 Å². The number of nitrogens with two attached hydrogens (primary N) is 1. The average Bonchev–Trinajstić information content (AvgIpc) is 2.16. The molecular weight excluding hydrogens is 250 g/mol. The molecule has 0 saturated heterocycles. The van der Waals surface area contributed by atoms with E-state index in [9.17, 15) is 0 Å². The predicted octanol–water partition coefficient (Wildman–Crippen LogP) is 3.45. The monoisotopic (exact) mass is 267 g/mol. The van der Waals surface area contributed by atoms with Gasteiger partial charge in [-0.25, -0.2) is 0 Å². The van der Waals surface area contributed by atoms with Crippen molar-refractivity contribution >= 4 is 15.9 Å². The lowest BCUT2D eigenvalue weighted by Crippen LogP contribution is -2.42. The zero-order chi connectivity index (χ0) is 11.1. The molecular formula is C13H18BrN. The zero-order valence-electron chi connectivity index (χ0n) is 9.44. The van der Waals surface area contributed by atoms with E-state index in [1.165, 1.54) is 40.4 Å². The highest BCUT2D eigenvalue weighted by Gasteiger charge is 2.39. The molecule has 0 amide bonds. The van der Waals surface area contributed by atoms with Crippen LogP contribution in [0.3, 0.4) is 0 Å². The molecule has 1 aliphatic carbocycles. The lowest BCUT2D eigenvalue weighted by Gasteiger charge is -2.43. The van der Waals surface area contributed by atoms with Crippen LogP contribution in [0.1, 0.15) is 36.0 Å². The van der Waals surface area contributed by atoms with E-state index >= 15 is 0 Å². The van der Waals surface area contributed by atoms with Crippen LogP contribution in [-0.2, 0) is 5.41 Å². The molecule has 2 rings (SSSR count). The fourth-order valence-corrected chi connectivity index (χ4v) is 3.13. The summed E-state index contributed by atoms with van der Waals surface area (Å²) < 4.78 is 1.21. The van der Waals surface area contributed by atoms with Gasteiger partial charge in [0.05, 0.1) is 0 Å². The normalized spacial score (nSPS) is 18.7. The van der Waals surface area contributed by atoms with Crippen LogP contribution in [0.15, 0.2) is 16.6 Å². The molecule has 2 heteroatoms. The zero-order valence-corrected chi connectivity index (χ0v) is 11.0. The van der Waals surface area contributed by atoms with Crippen LogP contribution in [0.4, 0.5) is 0 Å². The first kappa shape index (κ1) is 11.2. The average molecular weight is 268 g/mol. The maximum Gasteiger partial charge on any atom is 0.0207 e. The summed E-state index contributed by atoms with van der Waals surface area (Å²) in [5, 5.41) is 0. The van der Waals surface area contributed by atoms with Gasteiger partial charge in [0, 0.05) is 16.4 Å². The quantitative estimate of drug-likeness (QED) is 0.873. The lowest BCUT2D eigenvalue weighted by atomic mass is 9.62. The highest BCUT2D eigenvalue weighted by molar-refractivity contribution is 9.10. The summed E-state index contributed by atoms with van der Waals surface area (Å²) in [7, 11) is 0. The van der Waals surface area contributed by atoms with Crippen LogP contribution in [0, 0.1) is 13.8 Å². The third-order valence-electron chi connectivity index (χ3n) is 3.84. The molecule has 0 aromatic heterocycles. The molecule has 0 heterocycles. The van der Waals surface area contributed by atoms with Crippen molar-refractivity contribution in [3.8, 4) is 0 Å². The van der Waals surface area contributed by atoms with E-state index in [0.717, 1.165) is 6.54 Å². The SMILES string of the molecule is Cc1ccc(Br)c(C)c1C1(CN)CCC1. The molecule has 2 N–H and O–H groups in total. The highest BCUT2D eigenvalue weighted by Crippen LogP contribution is 2.46. The molecule has 1 aliphatic rings. The number of aryl methyl sites for hydroxylation is 1. The molecule has 15 heavy (non-hydrogen) atoms. The smallest absolute Gasteiger partial charge is 0.0207 e. The Morgan fingerprint density at radius 1 is 1.33 bits per heavy atom. The van der Waals surface area contributed by atoms with Crippen LogP contribution >= 0.6 is 15.9 Å². The van der Waals surface area contributed by atoms with E-state index in [1.807, 2.05) is 0 Å². The van der Waals surface area contributed by atoms with E-state index in [0.29, 0.717) is 0 Å². The van der Waals surface area contributed by atoms with Crippen molar-refractivity contribution in [1.82, 2.24) is 0 Å². The van der Waals surface area contributed by atoms with E-state index in [4.69, 9.17) is 5.73 Å². The molecule has 1 saturated carbocycles. The third kappa shape index (κ3) is 1.64. The minimum atomic E-state index is 0.276. The van der Waals surface area contributed by atoms with Crippen molar-refractivity contribution < 1.29 is 0 Å². The topological polar surface area (TPSA) is 26.0 Å². The maximum absolute atomic E-state index is 5.97. The molecule has 0 atom stereocenters. The summed E-state index contributed by atoms with van der Waals surface area (Å²) in [6, 6.07) is 4.33. The first-order chi connectivity index (χ1) is 7.10. The van der Waals surface area contributed by atoms with Gasteiger partial charge in [-0.05, 0) is 49.4 Å². The van der Waals surface area contributed by atoms with Crippen molar-refractivity contribution in [2.24, 2.45) is 5.73 Å². The number of halogens is 1. The molecule has 0 bridgehead atoms. The van der Waals surface area contributed by atoms with E-state index in [2.05, 4.69) is 41.9 Å². The van der Waals surface area contributed by atoms with Crippen molar-refractivity contribution in [2.45, 2.75) is 38.5 Å². The van der Waals surface area contributed by atoms with Crippen molar-refractivity contribution in [3.05, 3.63) is 33.3 Å². The summed E-state index contributed by atoms with van der Waals surface area (Å²) in [4.78, 5) is 0. The number of hydrogen-bond donors (Lipinski definition) is 1. The number of rotatable bonds is 2. The van der Waals surface area contributed by atoms with Crippen molar-refractivity contribution in [1.29, 1.82) is 0 Å². The first-order valence-electron chi connectivity index (χ1n) is 5.57. The van der Waals surface area contributed by atoms with Gasteiger partial charge in [-0.1, -0.05) is 28.4 Å². The second-order valence-corrected chi connectivity index (χ2v) is 5.56.